The standard InChI is InChI=1S/C11H20N4/c1-8(2)5-10-13-11-6-9(7-12)3-4-15(11)14-10/h8-9H,3-7,12H2,1-2H3. The zero-order valence-corrected chi connectivity index (χ0v) is 9.61. The Morgan fingerprint density at radius 1 is 1.53 bits per heavy atom. The number of nitrogens with zero attached hydrogens (tertiary/aromatic N) is 3. The molecule has 1 aromatic heterocycles. The van der Waals surface area contributed by atoms with E-state index in [2.05, 4.69) is 28.6 Å². The highest BCUT2D eigenvalue weighted by Gasteiger charge is 2.20. The first-order chi connectivity index (χ1) is 7.19. The van der Waals surface area contributed by atoms with Crippen LogP contribution >= 0.6 is 0 Å². The first-order valence-corrected chi connectivity index (χ1v) is 5.81. The van der Waals surface area contributed by atoms with E-state index in [1.165, 1.54) is 0 Å². The highest BCUT2D eigenvalue weighted by Crippen LogP contribution is 2.18. The van der Waals surface area contributed by atoms with Crippen LogP contribution in [0.3, 0.4) is 0 Å². The van der Waals surface area contributed by atoms with E-state index in [9.17, 15) is 0 Å². The van der Waals surface area contributed by atoms with Crippen LogP contribution in [0.2, 0.25) is 0 Å². The first-order valence-electron chi connectivity index (χ1n) is 5.81. The van der Waals surface area contributed by atoms with Crippen LogP contribution in [0.25, 0.3) is 0 Å². The van der Waals surface area contributed by atoms with E-state index in [1.807, 2.05) is 0 Å². The lowest BCUT2D eigenvalue weighted by atomic mass is 9.98. The Balaban J connectivity index is 2.11. The third-order valence-corrected chi connectivity index (χ3v) is 2.94. The summed E-state index contributed by atoms with van der Waals surface area (Å²) in [6.07, 6.45) is 3.13. The van der Waals surface area contributed by atoms with Gasteiger partial charge in [-0.25, -0.2) is 9.67 Å². The molecule has 0 radical (unpaired) electrons. The van der Waals surface area contributed by atoms with E-state index < -0.39 is 0 Å². The van der Waals surface area contributed by atoms with Crippen molar-refractivity contribution < 1.29 is 0 Å². The van der Waals surface area contributed by atoms with Crippen LogP contribution in [0.5, 0.6) is 0 Å². The normalized spacial score (nSPS) is 20.7. The molecule has 0 spiro atoms. The largest absolute Gasteiger partial charge is 0.330 e. The van der Waals surface area contributed by atoms with Gasteiger partial charge in [0.2, 0.25) is 0 Å². The van der Waals surface area contributed by atoms with Gasteiger partial charge in [-0.2, -0.15) is 5.10 Å². The number of aromatic nitrogens is 3. The summed E-state index contributed by atoms with van der Waals surface area (Å²) >= 11 is 0. The molecule has 15 heavy (non-hydrogen) atoms. The molecule has 1 atom stereocenters. The molecule has 1 unspecified atom stereocenters. The Bertz CT molecular complexity index is 329. The Morgan fingerprint density at radius 3 is 3.00 bits per heavy atom. The van der Waals surface area contributed by atoms with E-state index in [0.29, 0.717) is 11.8 Å². The van der Waals surface area contributed by atoms with E-state index >= 15 is 0 Å². The maximum atomic E-state index is 5.69. The fourth-order valence-electron chi connectivity index (χ4n) is 2.07. The minimum absolute atomic E-state index is 0.605. The molecule has 0 bridgehead atoms. The van der Waals surface area contributed by atoms with E-state index in [-0.39, 0.29) is 0 Å². The number of nitrogens with two attached hydrogens (primary N) is 1. The van der Waals surface area contributed by atoms with Crippen molar-refractivity contribution in [3.05, 3.63) is 11.6 Å². The number of rotatable bonds is 3. The van der Waals surface area contributed by atoms with Crippen LogP contribution in [0.15, 0.2) is 0 Å². The molecule has 0 aliphatic carbocycles. The summed E-state index contributed by atoms with van der Waals surface area (Å²) in [6.45, 7) is 6.15. The summed E-state index contributed by atoms with van der Waals surface area (Å²) in [5, 5.41) is 4.52. The van der Waals surface area contributed by atoms with Gasteiger partial charge >= 0.3 is 0 Å². The van der Waals surface area contributed by atoms with Gasteiger partial charge in [0.25, 0.3) is 0 Å². The number of hydrogen-bond donors (Lipinski definition) is 1. The second-order valence-electron chi connectivity index (χ2n) is 4.86. The smallest absolute Gasteiger partial charge is 0.151 e. The van der Waals surface area contributed by atoms with Crippen LogP contribution < -0.4 is 5.73 Å². The van der Waals surface area contributed by atoms with Gasteiger partial charge < -0.3 is 5.73 Å². The second kappa shape index (κ2) is 4.31. The van der Waals surface area contributed by atoms with Gasteiger partial charge in [-0.15, -0.1) is 0 Å². The molecule has 0 amide bonds. The molecule has 4 heteroatoms. The minimum atomic E-state index is 0.605. The van der Waals surface area contributed by atoms with Crippen molar-refractivity contribution in [2.45, 2.75) is 39.7 Å². The van der Waals surface area contributed by atoms with Crippen LogP contribution in [-0.2, 0) is 19.4 Å². The molecule has 2 N–H and O–H groups in total. The van der Waals surface area contributed by atoms with Gasteiger partial charge in [-0.05, 0) is 24.8 Å². The van der Waals surface area contributed by atoms with Gasteiger partial charge in [0, 0.05) is 19.4 Å². The summed E-state index contributed by atoms with van der Waals surface area (Å²) in [4.78, 5) is 4.59. The molecule has 1 aliphatic heterocycles. The van der Waals surface area contributed by atoms with Crippen LogP contribution in [0.4, 0.5) is 0 Å². The van der Waals surface area contributed by atoms with Crippen molar-refractivity contribution in [2.75, 3.05) is 6.54 Å². The number of hydrogen-bond acceptors (Lipinski definition) is 3. The van der Waals surface area contributed by atoms with Crippen LogP contribution in [0, 0.1) is 11.8 Å². The quantitative estimate of drug-likeness (QED) is 0.806. The van der Waals surface area contributed by atoms with E-state index in [4.69, 9.17) is 5.73 Å². The fraction of sp³-hybridized carbons (Fsp3) is 0.818. The predicted octanol–water partition coefficient (Wildman–Crippen LogP) is 0.998. The van der Waals surface area contributed by atoms with Crippen molar-refractivity contribution in [2.24, 2.45) is 17.6 Å². The molecule has 4 nitrogen and oxygen atoms in total. The lowest BCUT2D eigenvalue weighted by molar-refractivity contribution is 0.368. The fourth-order valence-corrected chi connectivity index (χ4v) is 2.07. The highest BCUT2D eigenvalue weighted by molar-refractivity contribution is 4.98. The van der Waals surface area contributed by atoms with Crippen molar-refractivity contribution in [3.8, 4) is 0 Å². The highest BCUT2D eigenvalue weighted by atomic mass is 15.3. The lowest BCUT2D eigenvalue weighted by Crippen LogP contribution is -2.26. The average Bonchev–Trinajstić information content (AvgIpc) is 2.57. The van der Waals surface area contributed by atoms with Crippen molar-refractivity contribution in [3.63, 3.8) is 0 Å². The molecule has 1 aromatic rings. The molecular formula is C11H20N4. The maximum Gasteiger partial charge on any atom is 0.151 e. The van der Waals surface area contributed by atoms with Crippen molar-refractivity contribution >= 4 is 0 Å². The van der Waals surface area contributed by atoms with Gasteiger partial charge in [0.05, 0.1) is 0 Å². The predicted molar refractivity (Wildman–Crippen MR) is 59.4 cm³/mol. The monoisotopic (exact) mass is 208 g/mol. The first kappa shape index (κ1) is 10.6. The second-order valence-corrected chi connectivity index (χ2v) is 4.86. The summed E-state index contributed by atoms with van der Waals surface area (Å²) in [5.41, 5.74) is 5.69. The maximum absolute atomic E-state index is 5.69. The molecule has 2 heterocycles. The molecular weight excluding hydrogens is 188 g/mol. The minimum Gasteiger partial charge on any atom is -0.330 e. The van der Waals surface area contributed by atoms with Crippen molar-refractivity contribution in [1.29, 1.82) is 0 Å². The third kappa shape index (κ3) is 2.37. The van der Waals surface area contributed by atoms with E-state index in [0.717, 1.165) is 44.0 Å². The molecule has 2 rings (SSSR count). The summed E-state index contributed by atoms with van der Waals surface area (Å²) in [6, 6.07) is 0. The van der Waals surface area contributed by atoms with Crippen LogP contribution in [0.1, 0.15) is 31.9 Å². The Labute approximate surface area is 90.9 Å². The number of fused-ring (bicyclic) bond motifs is 1. The van der Waals surface area contributed by atoms with Crippen molar-refractivity contribution in [1.82, 2.24) is 14.8 Å². The molecule has 84 valence electrons. The third-order valence-electron chi connectivity index (χ3n) is 2.94. The zero-order chi connectivity index (χ0) is 10.8. The molecule has 1 aliphatic rings. The molecule has 0 aromatic carbocycles. The summed E-state index contributed by atoms with van der Waals surface area (Å²) in [7, 11) is 0. The molecule has 0 saturated heterocycles. The average molecular weight is 208 g/mol. The summed E-state index contributed by atoms with van der Waals surface area (Å²) < 4.78 is 2.06. The van der Waals surface area contributed by atoms with Gasteiger partial charge in [-0.1, -0.05) is 13.8 Å². The van der Waals surface area contributed by atoms with Gasteiger partial charge in [0.15, 0.2) is 5.82 Å². The summed E-state index contributed by atoms with van der Waals surface area (Å²) in [5.74, 6) is 3.36. The molecule has 0 fully saturated rings. The Kier molecular flexibility index (Phi) is 3.05. The topological polar surface area (TPSA) is 56.7 Å². The zero-order valence-electron chi connectivity index (χ0n) is 9.61. The Morgan fingerprint density at radius 2 is 2.33 bits per heavy atom. The van der Waals surface area contributed by atoms with Crippen LogP contribution in [-0.4, -0.2) is 21.3 Å². The SMILES string of the molecule is CC(C)Cc1nc2n(n1)CCC(CN)C2. The molecule has 0 saturated carbocycles. The Hall–Kier alpha value is -0.900. The van der Waals surface area contributed by atoms with E-state index in [1.54, 1.807) is 0 Å². The lowest BCUT2D eigenvalue weighted by Gasteiger charge is -2.19. The van der Waals surface area contributed by atoms with Gasteiger partial charge in [0.1, 0.15) is 5.82 Å². The number of aryl methyl sites for hydroxylation is 1. The van der Waals surface area contributed by atoms with Gasteiger partial charge in [-0.3, -0.25) is 0 Å².